The first-order valence-corrected chi connectivity index (χ1v) is 6.90. The summed E-state index contributed by atoms with van der Waals surface area (Å²) in [5, 5.41) is 12.2. The molecule has 90 valence electrons. The van der Waals surface area contributed by atoms with Crippen molar-refractivity contribution in [3.8, 4) is 6.07 Å². The molecule has 0 radical (unpaired) electrons. The number of pyridine rings is 1. The Morgan fingerprint density at radius 1 is 1.65 bits per heavy atom. The molecule has 1 N–H and O–H groups in total. The molecule has 1 aliphatic heterocycles. The van der Waals surface area contributed by atoms with Crippen molar-refractivity contribution in [2.24, 2.45) is 0 Å². The van der Waals surface area contributed by atoms with Crippen molar-refractivity contribution in [2.45, 2.75) is 31.1 Å². The number of nitrogens with zero attached hydrogens (tertiary/aromatic N) is 2. The molecule has 1 unspecified atom stereocenters. The minimum atomic E-state index is 0.394. The van der Waals surface area contributed by atoms with Gasteiger partial charge in [0, 0.05) is 24.0 Å². The van der Waals surface area contributed by atoms with Crippen molar-refractivity contribution in [3.05, 3.63) is 29.6 Å². The summed E-state index contributed by atoms with van der Waals surface area (Å²) in [7, 11) is 0. The van der Waals surface area contributed by atoms with E-state index < -0.39 is 0 Å². The molecule has 0 aromatic carbocycles. The van der Waals surface area contributed by atoms with Crippen molar-refractivity contribution in [1.29, 1.82) is 5.26 Å². The van der Waals surface area contributed by atoms with E-state index in [4.69, 9.17) is 5.26 Å². The first kappa shape index (κ1) is 12.4. The molecule has 17 heavy (non-hydrogen) atoms. The Kier molecular flexibility index (Phi) is 4.03. The SMILES string of the molecule is CC1(CNCc2ccnc(C#N)c2)CCCS1. The zero-order chi connectivity index (χ0) is 12.1. The van der Waals surface area contributed by atoms with E-state index in [1.807, 2.05) is 12.1 Å². The molecule has 1 fully saturated rings. The smallest absolute Gasteiger partial charge is 0.140 e. The van der Waals surface area contributed by atoms with Crippen molar-refractivity contribution in [1.82, 2.24) is 10.3 Å². The van der Waals surface area contributed by atoms with Gasteiger partial charge in [-0.15, -0.1) is 0 Å². The van der Waals surface area contributed by atoms with E-state index in [2.05, 4.69) is 35.1 Å². The van der Waals surface area contributed by atoms with Crippen LogP contribution in [0.4, 0.5) is 0 Å². The van der Waals surface area contributed by atoms with Crippen LogP contribution in [0.5, 0.6) is 0 Å². The number of nitriles is 1. The highest BCUT2D eigenvalue weighted by atomic mass is 32.2. The van der Waals surface area contributed by atoms with Crippen LogP contribution in [0.25, 0.3) is 0 Å². The van der Waals surface area contributed by atoms with E-state index in [0.29, 0.717) is 10.4 Å². The molecule has 4 heteroatoms. The highest BCUT2D eigenvalue weighted by Gasteiger charge is 2.28. The zero-order valence-corrected chi connectivity index (χ0v) is 10.9. The van der Waals surface area contributed by atoms with Crippen molar-refractivity contribution in [2.75, 3.05) is 12.3 Å². The average molecular weight is 247 g/mol. The summed E-state index contributed by atoms with van der Waals surface area (Å²) in [6, 6.07) is 5.86. The van der Waals surface area contributed by atoms with Crippen molar-refractivity contribution >= 4 is 11.8 Å². The first-order valence-electron chi connectivity index (χ1n) is 5.92. The number of hydrogen-bond acceptors (Lipinski definition) is 4. The topological polar surface area (TPSA) is 48.7 Å². The lowest BCUT2D eigenvalue weighted by atomic mass is 10.1. The molecule has 3 nitrogen and oxygen atoms in total. The van der Waals surface area contributed by atoms with Crippen LogP contribution in [0.2, 0.25) is 0 Å². The molecule has 0 saturated carbocycles. The predicted molar refractivity (Wildman–Crippen MR) is 70.8 cm³/mol. The lowest BCUT2D eigenvalue weighted by molar-refractivity contribution is 0.537. The van der Waals surface area contributed by atoms with Gasteiger partial charge >= 0.3 is 0 Å². The maximum atomic E-state index is 8.76. The van der Waals surface area contributed by atoms with E-state index >= 15 is 0 Å². The third-order valence-corrected chi connectivity index (χ3v) is 4.61. The van der Waals surface area contributed by atoms with E-state index in [1.165, 1.54) is 18.6 Å². The Hall–Kier alpha value is -1.05. The Labute approximate surface area is 107 Å². The van der Waals surface area contributed by atoms with Gasteiger partial charge in [-0.05, 0) is 43.2 Å². The van der Waals surface area contributed by atoms with Crippen LogP contribution < -0.4 is 5.32 Å². The number of thioether (sulfide) groups is 1. The standard InChI is InChI=1S/C13H17N3S/c1-13(4-2-6-17-13)10-15-9-11-3-5-16-12(7-11)8-14/h3,5,7,15H,2,4,6,9-10H2,1H3. The highest BCUT2D eigenvalue weighted by Crippen LogP contribution is 2.36. The summed E-state index contributed by atoms with van der Waals surface area (Å²) in [5.41, 5.74) is 1.62. The molecule has 1 aromatic heterocycles. The van der Waals surface area contributed by atoms with E-state index in [9.17, 15) is 0 Å². The summed E-state index contributed by atoms with van der Waals surface area (Å²) in [4.78, 5) is 3.96. The van der Waals surface area contributed by atoms with Crippen molar-refractivity contribution in [3.63, 3.8) is 0 Å². The number of aromatic nitrogens is 1. The Balaban J connectivity index is 1.83. The molecule has 0 bridgehead atoms. The molecule has 2 heterocycles. The number of hydrogen-bond donors (Lipinski definition) is 1. The summed E-state index contributed by atoms with van der Waals surface area (Å²) in [5.74, 6) is 1.28. The van der Waals surface area contributed by atoms with Gasteiger partial charge in [0.15, 0.2) is 0 Å². The fourth-order valence-corrected chi connectivity index (χ4v) is 3.37. The average Bonchev–Trinajstić information content (AvgIpc) is 2.77. The summed E-state index contributed by atoms with van der Waals surface area (Å²) < 4.78 is 0.394. The van der Waals surface area contributed by atoms with Crippen LogP contribution in [0.1, 0.15) is 31.0 Å². The Bertz CT molecular complexity index is 419. The van der Waals surface area contributed by atoms with Gasteiger partial charge in [-0.2, -0.15) is 17.0 Å². The molecular formula is C13H17N3S. The normalized spacial score (nSPS) is 23.5. The van der Waals surface area contributed by atoms with Crippen LogP contribution in [-0.2, 0) is 6.54 Å². The van der Waals surface area contributed by atoms with E-state index in [1.54, 1.807) is 6.20 Å². The molecule has 1 atom stereocenters. The van der Waals surface area contributed by atoms with Gasteiger partial charge in [0.1, 0.15) is 11.8 Å². The third-order valence-electron chi connectivity index (χ3n) is 3.07. The van der Waals surface area contributed by atoms with Gasteiger partial charge in [-0.25, -0.2) is 4.98 Å². The van der Waals surface area contributed by atoms with E-state index in [0.717, 1.165) is 18.7 Å². The predicted octanol–water partition coefficient (Wildman–Crippen LogP) is 2.33. The first-order chi connectivity index (χ1) is 8.22. The second-order valence-electron chi connectivity index (χ2n) is 4.67. The van der Waals surface area contributed by atoms with Gasteiger partial charge in [-0.1, -0.05) is 0 Å². The molecule has 0 aliphatic carbocycles. The minimum Gasteiger partial charge on any atom is -0.311 e. The van der Waals surface area contributed by atoms with Crippen LogP contribution in [0, 0.1) is 11.3 Å². The van der Waals surface area contributed by atoms with Gasteiger partial charge in [-0.3, -0.25) is 0 Å². The fraction of sp³-hybridized carbons (Fsp3) is 0.538. The minimum absolute atomic E-state index is 0.394. The molecular weight excluding hydrogens is 230 g/mol. The second-order valence-corrected chi connectivity index (χ2v) is 6.35. The van der Waals surface area contributed by atoms with Crippen LogP contribution in [0.15, 0.2) is 18.3 Å². The fourth-order valence-electron chi connectivity index (χ4n) is 2.09. The number of rotatable bonds is 4. The second kappa shape index (κ2) is 5.52. The monoisotopic (exact) mass is 247 g/mol. The molecule has 0 amide bonds. The quantitative estimate of drug-likeness (QED) is 0.887. The van der Waals surface area contributed by atoms with Gasteiger partial charge in [0.2, 0.25) is 0 Å². The van der Waals surface area contributed by atoms with Crippen LogP contribution >= 0.6 is 11.8 Å². The Morgan fingerprint density at radius 2 is 2.53 bits per heavy atom. The lowest BCUT2D eigenvalue weighted by Gasteiger charge is -2.22. The molecule has 1 aromatic rings. The van der Waals surface area contributed by atoms with Gasteiger partial charge in [0.25, 0.3) is 0 Å². The molecule has 2 rings (SSSR count). The molecule has 1 saturated heterocycles. The van der Waals surface area contributed by atoms with Gasteiger partial charge < -0.3 is 5.32 Å². The lowest BCUT2D eigenvalue weighted by Crippen LogP contribution is -2.32. The maximum absolute atomic E-state index is 8.76. The number of nitrogens with one attached hydrogen (secondary N) is 1. The third kappa shape index (κ3) is 3.45. The van der Waals surface area contributed by atoms with Gasteiger partial charge in [0.05, 0.1) is 0 Å². The largest absolute Gasteiger partial charge is 0.311 e. The van der Waals surface area contributed by atoms with Crippen LogP contribution in [-0.4, -0.2) is 22.0 Å². The maximum Gasteiger partial charge on any atom is 0.140 e. The molecule has 1 aliphatic rings. The summed E-state index contributed by atoms with van der Waals surface area (Å²) >= 11 is 2.06. The summed E-state index contributed by atoms with van der Waals surface area (Å²) in [6.45, 7) is 4.17. The Morgan fingerprint density at radius 3 is 3.24 bits per heavy atom. The zero-order valence-electron chi connectivity index (χ0n) is 10.1. The van der Waals surface area contributed by atoms with E-state index in [-0.39, 0.29) is 0 Å². The molecule has 0 spiro atoms. The highest BCUT2D eigenvalue weighted by molar-refractivity contribution is 8.00. The summed E-state index contributed by atoms with van der Waals surface area (Å²) in [6.07, 6.45) is 4.32. The van der Waals surface area contributed by atoms with Crippen LogP contribution in [0.3, 0.4) is 0 Å². The van der Waals surface area contributed by atoms with Crippen molar-refractivity contribution < 1.29 is 0 Å².